The van der Waals surface area contributed by atoms with Crippen molar-refractivity contribution in [1.29, 1.82) is 0 Å². The molecule has 1 amide bonds. The van der Waals surface area contributed by atoms with Crippen LogP contribution in [0, 0.1) is 6.92 Å². The van der Waals surface area contributed by atoms with Crippen LogP contribution < -0.4 is 10.0 Å². The van der Waals surface area contributed by atoms with Gasteiger partial charge in [-0.05, 0) is 42.8 Å². The summed E-state index contributed by atoms with van der Waals surface area (Å²) in [5.41, 5.74) is -0.823. The smallest absolute Gasteiger partial charge is 0.383 e. The minimum atomic E-state index is -4.74. The summed E-state index contributed by atoms with van der Waals surface area (Å²) < 4.78 is 71.1. The molecule has 0 aliphatic heterocycles. The fraction of sp³-hybridized carbons (Fsp3) is 0.278. The first-order valence-electron chi connectivity index (χ1n) is 8.23. The molecule has 0 heterocycles. The SMILES string of the molecule is COCCNC(=O)c1cc(S(=O)(=O)Nc2ccc(Cl)c(C(F)(F)F)c2)ccc1C. The summed E-state index contributed by atoms with van der Waals surface area (Å²) in [6.07, 6.45) is -4.74. The number of rotatable bonds is 7. The van der Waals surface area contributed by atoms with E-state index in [1.165, 1.54) is 19.2 Å². The molecule has 29 heavy (non-hydrogen) atoms. The van der Waals surface area contributed by atoms with Gasteiger partial charge in [0.2, 0.25) is 0 Å². The highest BCUT2D eigenvalue weighted by Crippen LogP contribution is 2.36. The second-order valence-electron chi connectivity index (χ2n) is 6.02. The van der Waals surface area contributed by atoms with Crippen molar-refractivity contribution in [3.63, 3.8) is 0 Å². The van der Waals surface area contributed by atoms with E-state index in [4.69, 9.17) is 16.3 Å². The molecule has 2 N–H and O–H groups in total. The fourth-order valence-corrected chi connectivity index (χ4v) is 3.69. The Hall–Kier alpha value is -2.30. The van der Waals surface area contributed by atoms with Gasteiger partial charge in [0.05, 0.1) is 22.1 Å². The quantitative estimate of drug-likeness (QED) is 0.628. The zero-order chi connectivity index (χ0) is 21.8. The standard InChI is InChI=1S/C18H18ClF3N2O4S/c1-11-3-5-13(10-14(11)17(25)23-7-8-28-2)29(26,27)24-12-4-6-16(19)15(9-12)18(20,21)22/h3-6,9-10,24H,7-8H2,1-2H3,(H,23,25). The summed E-state index contributed by atoms with van der Waals surface area (Å²) >= 11 is 5.54. The minimum Gasteiger partial charge on any atom is -0.383 e. The molecule has 0 saturated heterocycles. The van der Waals surface area contributed by atoms with Crippen molar-refractivity contribution in [3.05, 3.63) is 58.1 Å². The van der Waals surface area contributed by atoms with Crippen molar-refractivity contribution in [2.45, 2.75) is 18.0 Å². The van der Waals surface area contributed by atoms with Gasteiger partial charge in [-0.2, -0.15) is 13.2 Å². The monoisotopic (exact) mass is 450 g/mol. The highest BCUT2D eigenvalue weighted by molar-refractivity contribution is 7.92. The van der Waals surface area contributed by atoms with Gasteiger partial charge < -0.3 is 10.1 Å². The van der Waals surface area contributed by atoms with Crippen LogP contribution >= 0.6 is 11.6 Å². The van der Waals surface area contributed by atoms with E-state index in [1.807, 2.05) is 0 Å². The lowest BCUT2D eigenvalue weighted by Crippen LogP contribution is -2.28. The van der Waals surface area contributed by atoms with Crippen LogP contribution in [0.25, 0.3) is 0 Å². The topological polar surface area (TPSA) is 84.5 Å². The Morgan fingerprint density at radius 3 is 2.48 bits per heavy atom. The molecule has 0 atom stereocenters. The van der Waals surface area contributed by atoms with Crippen molar-refractivity contribution in [3.8, 4) is 0 Å². The molecule has 2 rings (SSSR count). The van der Waals surface area contributed by atoms with Crippen LogP contribution in [0.2, 0.25) is 5.02 Å². The van der Waals surface area contributed by atoms with E-state index in [1.54, 1.807) is 6.92 Å². The third-order valence-electron chi connectivity index (χ3n) is 3.88. The lowest BCUT2D eigenvalue weighted by atomic mass is 10.1. The number of nitrogens with one attached hydrogen (secondary N) is 2. The molecule has 0 unspecified atom stereocenters. The molecule has 11 heteroatoms. The predicted molar refractivity (Wildman–Crippen MR) is 103 cm³/mol. The van der Waals surface area contributed by atoms with Crippen LogP contribution in [0.15, 0.2) is 41.3 Å². The number of hydrogen-bond donors (Lipinski definition) is 2. The van der Waals surface area contributed by atoms with E-state index < -0.39 is 32.7 Å². The van der Waals surface area contributed by atoms with Gasteiger partial charge in [-0.25, -0.2) is 8.42 Å². The minimum absolute atomic E-state index is 0.121. The molecule has 158 valence electrons. The maximum absolute atomic E-state index is 13.0. The van der Waals surface area contributed by atoms with Crippen LogP contribution in [0.5, 0.6) is 0 Å². The Kier molecular flexibility index (Phi) is 7.15. The van der Waals surface area contributed by atoms with E-state index in [-0.39, 0.29) is 29.3 Å². The molecular weight excluding hydrogens is 433 g/mol. The van der Waals surface area contributed by atoms with E-state index >= 15 is 0 Å². The molecular formula is C18H18ClF3N2O4S. The lowest BCUT2D eigenvalue weighted by molar-refractivity contribution is -0.137. The number of halogens is 4. The number of carbonyl (C=O) groups is 1. The largest absolute Gasteiger partial charge is 0.417 e. The van der Waals surface area contributed by atoms with Gasteiger partial charge in [-0.3, -0.25) is 9.52 Å². The number of anilines is 1. The second-order valence-corrected chi connectivity index (χ2v) is 8.11. The van der Waals surface area contributed by atoms with Gasteiger partial charge in [0.25, 0.3) is 15.9 Å². The van der Waals surface area contributed by atoms with Gasteiger partial charge in [0.1, 0.15) is 0 Å². The summed E-state index contributed by atoms with van der Waals surface area (Å²) in [4.78, 5) is 12.0. The highest BCUT2D eigenvalue weighted by atomic mass is 35.5. The molecule has 0 spiro atoms. The average Bonchev–Trinajstić information content (AvgIpc) is 2.62. The second kappa shape index (κ2) is 9.02. The number of sulfonamides is 1. The van der Waals surface area contributed by atoms with Crippen molar-refractivity contribution in [2.24, 2.45) is 0 Å². The van der Waals surface area contributed by atoms with Gasteiger partial charge in [-0.1, -0.05) is 17.7 Å². The van der Waals surface area contributed by atoms with Gasteiger partial charge in [-0.15, -0.1) is 0 Å². The first kappa shape index (κ1) is 23.0. The predicted octanol–water partition coefficient (Wildman–Crippen LogP) is 3.84. The summed E-state index contributed by atoms with van der Waals surface area (Å²) in [6, 6.07) is 6.51. The van der Waals surface area contributed by atoms with Crippen LogP contribution in [0.1, 0.15) is 21.5 Å². The molecule has 0 aliphatic carbocycles. The van der Waals surface area contributed by atoms with E-state index in [0.29, 0.717) is 11.6 Å². The number of carbonyl (C=O) groups excluding carboxylic acids is 1. The zero-order valence-corrected chi connectivity index (χ0v) is 17.0. The van der Waals surface area contributed by atoms with Crippen LogP contribution in [-0.2, 0) is 20.9 Å². The maximum Gasteiger partial charge on any atom is 0.417 e. The molecule has 0 aliphatic rings. The normalized spacial score (nSPS) is 11.9. The Morgan fingerprint density at radius 2 is 1.86 bits per heavy atom. The maximum atomic E-state index is 13.0. The molecule has 6 nitrogen and oxygen atoms in total. The molecule has 2 aromatic carbocycles. The lowest BCUT2D eigenvalue weighted by Gasteiger charge is -2.14. The Morgan fingerprint density at radius 1 is 1.17 bits per heavy atom. The zero-order valence-electron chi connectivity index (χ0n) is 15.4. The van der Waals surface area contributed by atoms with Gasteiger partial charge >= 0.3 is 6.18 Å². The molecule has 2 aromatic rings. The third kappa shape index (κ3) is 5.84. The third-order valence-corrected chi connectivity index (χ3v) is 5.59. The number of ether oxygens (including phenoxy) is 1. The summed E-state index contributed by atoms with van der Waals surface area (Å²) in [7, 11) is -2.78. The number of benzene rings is 2. The van der Waals surface area contributed by atoms with Crippen molar-refractivity contribution in [1.82, 2.24) is 5.32 Å². The Balaban J connectivity index is 2.32. The molecule has 0 radical (unpaired) electrons. The van der Waals surface area contributed by atoms with Crippen molar-refractivity contribution >= 4 is 33.2 Å². The Bertz CT molecular complexity index is 1010. The number of methoxy groups -OCH3 is 1. The summed E-state index contributed by atoms with van der Waals surface area (Å²) in [5, 5.41) is 2.03. The van der Waals surface area contributed by atoms with Crippen LogP contribution in [-0.4, -0.2) is 34.6 Å². The number of amides is 1. The van der Waals surface area contributed by atoms with Crippen molar-refractivity contribution < 1.29 is 31.1 Å². The fourth-order valence-electron chi connectivity index (χ4n) is 2.39. The number of hydrogen-bond acceptors (Lipinski definition) is 4. The number of aryl methyl sites for hydroxylation is 1. The summed E-state index contributed by atoms with van der Waals surface area (Å²) in [6.45, 7) is 2.14. The van der Waals surface area contributed by atoms with Gasteiger partial charge in [0, 0.05) is 24.9 Å². The highest BCUT2D eigenvalue weighted by Gasteiger charge is 2.33. The molecule has 0 aromatic heterocycles. The average molecular weight is 451 g/mol. The van der Waals surface area contributed by atoms with E-state index in [0.717, 1.165) is 18.2 Å². The number of alkyl halides is 3. The van der Waals surface area contributed by atoms with E-state index in [2.05, 4.69) is 10.0 Å². The Labute approximate surface area is 171 Å². The molecule has 0 saturated carbocycles. The molecule has 0 fully saturated rings. The van der Waals surface area contributed by atoms with Crippen LogP contribution in [0.4, 0.5) is 18.9 Å². The van der Waals surface area contributed by atoms with Gasteiger partial charge in [0.15, 0.2) is 0 Å². The molecule has 0 bridgehead atoms. The van der Waals surface area contributed by atoms with E-state index in [9.17, 15) is 26.4 Å². The summed E-state index contributed by atoms with van der Waals surface area (Å²) in [5.74, 6) is -0.498. The first-order chi connectivity index (χ1) is 13.5. The van der Waals surface area contributed by atoms with Crippen LogP contribution in [0.3, 0.4) is 0 Å². The van der Waals surface area contributed by atoms with Crippen molar-refractivity contribution in [2.75, 3.05) is 25.0 Å². The first-order valence-corrected chi connectivity index (χ1v) is 10.1.